The number of nitrogens with zero attached hydrogens (tertiary/aromatic N) is 2. The molecule has 2 aromatic rings. The van der Waals surface area contributed by atoms with Crippen molar-refractivity contribution in [1.29, 1.82) is 0 Å². The van der Waals surface area contributed by atoms with E-state index in [2.05, 4.69) is 10.3 Å². The first kappa shape index (κ1) is 16.7. The van der Waals surface area contributed by atoms with E-state index < -0.39 is 0 Å². The van der Waals surface area contributed by atoms with Crippen LogP contribution in [0, 0.1) is 6.92 Å². The summed E-state index contributed by atoms with van der Waals surface area (Å²) in [4.78, 5) is 30.0. The number of nitrogens with one attached hydrogen (secondary N) is 1. The van der Waals surface area contributed by atoms with Gasteiger partial charge in [0.2, 0.25) is 5.91 Å². The van der Waals surface area contributed by atoms with Crippen LogP contribution in [0.25, 0.3) is 0 Å². The smallest absolute Gasteiger partial charge is 0.272 e. The van der Waals surface area contributed by atoms with E-state index >= 15 is 0 Å². The summed E-state index contributed by atoms with van der Waals surface area (Å²) in [7, 11) is 1.59. The normalized spacial score (nSPS) is 10.2. The molecule has 0 radical (unpaired) electrons. The number of para-hydroxylation sites is 1. The average Bonchev–Trinajstić information content (AvgIpc) is 2.54. The second-order valence-corrected chi connectivity index (χ2v) is 5.38. The van der Waals surface area contributed by atoms with Gasteiger partial charge in [-0.3, -0.25) is 9.59 Å². The fourth-order valence-electron chi connectivity index (χ4n) is 2.29. The molecule has 0 atom stereocenters. The number of carbonyl (C=O) groups excluding carboxylic acids is 2. The number of hydrogen-bond acceptors (Lipinski definition) is 3. The van der Waals surface area contributed by atoms with Gasteiger partial charge in [-0.05, 0) is 37.1 Å². The van der Waals surface area contributed by atoms with Crippen molar-refractivity contribution in [2.75, 3.05) is 18.9 Å². The van der Waals surface area contributed by atoms with Crippen LogP contribution in [0.5, 0.6) is 0 Å². The molecule has 0 fully saturated rings. The predicted octanol–water partition coefficient (Wildman–Crippen LogP) is 2.66. The molecular weight excluding hydrogens is 290 g/mol. The Kier molecular flexibility index (Phi) is 5.46. The molecular formula is C18H21N3O2. The van der Waals surface area contributed by atoms with E-state index in [1.54, 1.807) is 19.2 Å². The summed E-state index contributed by atoms with van der Waals surface area (Å²) in [6, 6.07) is 12.9. The van der Waals surface area contributed by atoms with E-state index in [4.69, 9.17) is 0 Å². The molecule has 0 spiro atoms. The number of likely N-dealkylation sites (N-methyl/N-ethyl adjacent to an activating group) is 1. The van der Waals surface area contributed by atoms with Gasteiger partial charge in [0.15, 0.2) is 0 Å². The predicted molar refractivity (Wildman–Crippen MR) is 90.4 cm³/mol. The fraction of sp³-hybridized carbons (Fsp3) is 0.278. The van der Waals surface area contributed by atoms with Crippen LogP contribution in [-0.2, 0) is 11.2 Å². The molecule has 1 aromatic carbocycles. The summed E-state index contributed by atoms with van der Waals surface area (Å²) < 4.78 is 0. The number of rotatable bonds is 5. The first-order valence-corrected chi connectivity index (χ1v) is 7.58. The zero-order chi connectivity index (χ0) is 16.8. The number of aryl methyl sites for hydroxylation is 2. The lowest BCUT2D eigenvalue weighted by atomic mass is 10.1. The van der Waals surface area contributed by atoms with Crippen LogP contribution >= 0.6 is 0 Å². The Morgan fingerprint density at radius 1 is 1.13 bits per heavy atom. The zero-order valence-electron chi connectivity index (χ0n) is 13.7. The lowest BCUT2D eigenvalue weighted by Crippen LogP contribution is -2.35. The van der Waals surface area contributed by atoms with Crippen molar-refractivity contribution in [3.8, 4) is 0 Å². The summed E-state index contributed by atoms with van der Waals surface area (Å²) >= 11 is 0. The SMILES string of the molecule is CCc1ccccc1NC(=O)CN(C)C(=O)c1cccc(C)n1. The minimum Gasteiger partial charge on any atom is -0.331 e. The van der Waals surface area contributed by atoms with E-state index in [-0.39, 0.29) is 18.4 Å². The van der Waals surface area contributed by atoms with E-state index in [0.717, 1.165) is 23.4 Å². The lowest BCUT2D eigenvalue weighted by Gasteiger charge is -2.17. The minimum atomic E-state index is -0.271. The first-order valence-electron chi connectivity index (χ1n) is 7.58. The highest BCUT2D eigenvalue weighted by molar-refractivity contribution is 5.98. The maximum atomic E-state index is 12.3. The first-order chi connectivity index (χ1) is 11.0. The highest BCUT2D eigenvalue weighted by Gasteiger charge is 2.16. The van der Waals surface area contributed by atoms with Crippen LogP contribution in [-0.4, -0.2) is 35.3 Å². The van der Waals surface area contributed by atoms with E-state index in [1.165, 1.54) is 4.90 Å². The molecule has 0 saturated heterocycles. The average molecular weight is 311 g/mol. The van der Waals surface area contributed by atoms with E-state index in [0.29, 0.717) is 5.69 Å². The van der Waals surface area contributed by atoms with Gasteiger partial charge in [-0.1, -0.05) is 31.2 Å². The Morgan fingerprint density at radius 3 is 2.57 bits per heavy atom. The van der Waals surface area contributed by atoms with Gasteiger partial charge in [0.05, 0.1) is 6.54 Å². The van der Waals surface area contributed by atoms with Crippen molar-refractivity contribution in [3.05, 3.63) is 59.4 Å². The molecule has 120 valence electrons. The maximum absolute atomic E-state index is 12.3. The zero-order valence-corrected chi connectivity index (χ0v) is 13.7. The third-order valence-corrected chi connectivity index (χ3v) is 3.51. The third kappa shape index (κ3) is 4.39. The standard InChI is InChI=1S/C18H21N3O2/c1-4-14-9-5-6-10-15(14)20-17(22)12-21(3)18(23)16-11-7-8-13(2)19-16/h5-11H,4,12H2,1-3H3,(H,20,22). The topological polar surface area (TPSA) is 62.3 Å². The second kappa shape index (κ2) is 7.54. The van der Waals surface area contributed by atoms with Crippen LogP contribution in [0.15, 0.2) is 42.5 Å². The second-order valence-electron chi connectivity index (χ2n) is 5.38. The van der Waals surface area contributed by atoms with Gasteiger partial charge < -0.3 is 10.2 Å². The molecule has 23 heavy (non-hydrogen) atoms. The number of pyridine rings is 1. The van der Waals surface area contributed by atoms with Gasteiger partial charge in [0.25, 0.3) is 5.91 Å². The highest BCUT2D eigenvalue weighted by Crippen LogP contribution is 2.15. The number of amides is 2. The molecule has 0 unspecified atom stereocenters. The summed E-state index contributed by atoms with van der Waals surface area (Å²) in [5.41, 5.74) is 2.96. The number of aromatic nitrogens is 1. The molecule has 0 bridgehead atoms. The van der Waals surface area contributed by atoms with Crippen LogP contribution < -0.4 is 5.32 Å². The number of hydrogen-bond donors (Lipinski definition) is 1. The van der Waals surface area contributed by atoms with Crippen molar-refractivity contribution in [1.82, 2.24) is 9.88 Å². The number of benzene rings is 1. The van der Waals surface area contributed by atoms with E-state index in [9.17, 15) is 9.59 Å². The fourth-order valence-corrected chi connectivity index (χ4v) is 2.29. The Bertz CT molecular complexity index is 713. The van der Waals surface area contributed by atoms with Crippen LogP contribution in [0.1, 0.15) is 28.7 Å². The molecule has 5 heteroatoms. The molecule has 5 nitrogen and oxygen atoms in total. The number of anilines is 1. The van der Waals surface area contributed by atoms with Gasteiger partial charge in [-0.15, -0.1) is 0 Å². The van der Waals surface area contributed by atoms with Gasteiger partial charge >= 0.3 is 0 Å². The van der Waals surface area contributed by atoms with Crippen molar-refractivity contribution in [2.45, 2.75) is 20.3 Å². The van der Waals surface area contributed by atoms with Crippen LogP contribution in [0.3, 0.4) is 0 Å². The van der Waals surface area contributed by atoms with Crippen molar-refractivity contribution in [3.63, 3.8) is 0 Å². The quantitative estimate of drug-likeness (QED) is 0.923. The van der Waals surface area contributed by atoms with Gasteiger partial charge in [0, 0.05) is 18.4 Å². The largest absolute Gasteiger partial charge is 0.331 e. The molecule has 1 aromatic heterocycles. The van der Waals surface area contributed by atoms with Crippen molar-refractivity contribution < 1.29 is 9.59 Å². The molecule has 2 amide bonds. The van der Waals surface area contributed by atoms with Crippen molar-refractivity contribution in [2.24, 2.45) is 0 Å². The highest BCUT2D eigenvalue weighted by atomic mass is 16.2. The third-order valence-electron chi connectivity index (χ3n) is 3.51. The minimum absolute atomic E-state index is 0.0213. The molecule has 0 aliphatic rings. The Morgan fingerprint density at radius 2 is 1.87 bits per heavy atom. The summed E-state index contributed by atoms with van der Waals surface area (Å²) in [5, 5.41) is 2.86. The van der Waals surface area contributed by atoms with Gasteiger partial charge in [0.1, 0.15) is 5.69 Å². The monoisotopic (exact) mass is 311 g/mol. The van der Waals surface area contributed by atoms with Crippen molar-refractivity contribution >= 4 is 17.5 Å². The Balaban J connectivity index is 2.01. The summed E-state index contributed by atoms with van der Waals surface area (Å²) in [5.74, 6) is -0.498. The molecule has 1 N–H and O–H groups in total. The summed E-state index contributed by atoms with van der Waals surface area (Å²) in [6.45, 7) is 3.84. The number of carbonyl (C=O) groups is 2. The lowest BCUT2D eigenvalue weighted by molar-refractivity contribution is -0.116. The molecule has 2 rings (SSSR count). The van der Waals surface area contributed by atoms with Crippen LogP contribution in [0.2, 0.25) is 0 Å². The van der Waals surface area contributed by atoms with Gasteiger partial charge in [-0.2, -0.15) is 0 Å². The van der Waals surface area contributed by atoms with Gasteiger partial charge in [-0.25, -0.2) is 4.98 Å². The molecule has 0 saturated carbocycles. The molecule has 0 aliphatic carbocycles. The Labute approximate surface area is 136 Å². The molecule has 0 aliphatic heterocycles. The summed E-state index contributed by atoms with van der Waals surface area (Å²) in [6.07, 6.45) is 0.832. The maximum Gasteiger partial charge on any atom is 0.272 e. The van der Waals surface area contributed by atoms with Crippen LogP contribution in [0.4, 0.5) is 5.69 Å². The molecule has 1 heterocycles. The van der Waals surface area contributed by atoms with E-state index in [1.807, 2.05) is 44.2 Å². The Hall–Kier alpha value is -2.69.